The molecule has 3 heterocycles. The molecule has 96 valence electrons. The molecule has 2 aliphatic heterocycles. The Balaban J connectivity index is 1.90. The third kappa shape index (κ3) is 1.81. The first-order valence-corrected chi connectivity index (χ1v) is 5.90. The van der Waals surface area contributed by atoms with Crippen molar-refractivity contribution >= 4 is 17.9 Å². The van der Waals surface area contributed by atoms with Crippen LogP contribution in [0.25, 0.3) is 0 Å². The summed E-state index contributed by atoms with van der Waals surface area (Å²) < 4.78 is 7.47. The number of rotatable bonds is 2. The summed E-state index contributed by atoms with van der Waals surface area (Å²) in [6, 6.07) is 0. The Kier molecular flexibility index (Phi) is 2.85. The van der Waals surface area contributed by atoms with Gasteiger partial charge in [-0.15, -0.1) is 0 Å². The van der Waals surface area contributed by atoms with E-state index in [-0.39, 0.29) is 31.3 Å². The molecule has 0 bridgehead atoms. The highest BCUT2D eigenvalue weighted by Crippen LogP contribution is 2.32. The summed E-state index contributed by atoms with van der Waals surface area (Å²) >= 11 is 0. The fourth-order valence-electron chi connectivity index (χ4n) is 2.26. The number of ketones is 1. The zero-order valence-corrected chi connectivity index (χ0v) is 9.74. The number of imidazole rings is 1. The minimum absolute atomic E-state index is 0.0151. The number of aliphatic hydroxyl groups excluding tert-OH is 1. The van der Waals surface area contributed by atoms with Gasteiger partial charge in [0, 0.05) is 0 Å². The van der Waals surface area contributed by atoms with E-state index in [0.717, 1.165) is 12.8 Å². The van der Waals surface area contributed by atoms with Crippen LogP contribution in [0.4, 0.5) is 5.82 Å². The van der Waals surface area contributed by atoms with E-state index in [1.165, 1.54) is 6.34 Å². The number of anilines is 1. The zero-order valence-electron chi connectivity index (χ0n) is 9.74. The van der Waals surface area contributed by atoms with Gasteiger partial charge in [0.25, 0.3) is 0 Å². The van der Waals surface area contributed by atoms with Gasteiger partial charge < -0.3 is 15.2 Å². The van der Waals surface area contributed by atoms with Crippen LogP contribution in [0.2, 0.25) is 0 Å². The predicted molar refractivity (Wildman–Crippen MR) is 63.8 cm³/mol. The number of hydrogen-bond donors (Lipinski definition) is 2. The molecule has 0 spiro atoms. The zero-order chi connectivity index (χ0) is 12.5. The topological polar surface area (TPSA) is 88.7 Å². The molecular formula is C11H14N4O3. The van der Waals surface area contributed by atoms with E-state index < -0.39 is 0 Å². The molecule has 1 saturated heterocycles. The fraction of sp³-hybridized carbons (Fsp3) is 0.545. The molecule has 1 aromatic rings. The van der Waals surface area contributed by atoms with E-state index in [2.05, 4.69) is 15.3 Å². The number of aliphatic hydroxyl groups is 1. The van der Waals surface area contributed by atoms with Crippen LogP contribution >= 0.6 is 0 Å². The molecule has 2 aliphatic rings. The second-order valence-electron chi connectivity index (χ2n) is 4.36. The summed E-state index contributed by atoms with van der Waals surface area (Å²) in [6.07, 6.45) is 4.37. The second-order valence-corrected chi connectivity index (χ2v) is 4.36. The first-order valence-electron chi connectivity index (χ1n) is 5.90. The van der Waals surface area contributed by atoms with Crippen molar-refractivity contribution < 1.29 is 14.6 Å². The number of ether oxygens (including phenoxy) is 1. The van der Waals surface area contributed by atoms with Gasteiger partial charge in [-0.2, -0.15) is 0 Å². The van der Waals surface area contributed by atoms with Crippen LogP contribution in [-0.4, -0.2) is 46.0 Å². The largest absolute Gasteiger partial charge is 0.394 e. The summed E-state index contributed by atoms with van der Waals surface area (Å²) in [6.45, 7) is 0.128. The van der Waals surface area contributed by atoms with Gasteiger partial charge in [-0.3, -0.25) is 14.4 Å². The average Bonchev–Trinajstić information content (AvgIpc) is 2.96. The van der Waals surface area contributed by atoms with E-state index in [9.17, 15) is 4.79 Å². The number of Topliss-reactive ketones (excluding diaryl/α,β-unsaturated/α-hetero) is 1. The van der Waals surface area contributed by atoms with Crippen LogP contribution < -0.4 is 5.32 Å². The molecule has 7 heteroatoms. The number of nitrogens with zero attached hydrogens (tertiary/aromatic N) is 3. The van der Waals surface area contributed by atoms with Gasteiger partial charge in [-0.25, -0.2) is 4.98 Å². The number of nitrogens with one attached hydrogen (secondary N) is 1. The molecule has 0 amide bonds. The number of fused-ring (bicyclic) bond motifs is 1. The Bertz CT molecular complexity index is 496. The predicted octanol–water partition coefficient (Wildman–Crippen LogP) is 0.189. The monoisotopic (exact) mass is 250 g/mol. The highest BCUT2D eigenvalue weighted by Gasteiger charge is 2.29. The SMILES string of the molecule is O=C1CN=CNc2c1ncn2[C@H]1CC[C@@H](CO)O1. The lowest BCUT2D eigenvalue weighted by Crippen LogP contribution is -2.15. The molecule has 1 fully saturated rings. The molecule has 0 aliphatic carbocycles. The Morgan fingerprint density at radius 1 is 1.56 bits per heavy atom. The van der Waals surface area contributed by atoms with Gasteiger partial charge in [-0.05, 0) is 12.8 Å². The normalized spacial score (nSPS) is 26.8. The van der Waals surface area contributed by atoms with Gasteiger partial charge in [0.05, 0.1) is 25.4 Å². The molecule has 3 rings (SSSR count). The molecule has 0 unspecified atom stereocenters. The Hall–Kier alpha value is -1.73. The van der Waals surface area contributed by atoms with Crippen molar-refractivity contribution in [2.24, 2.45) is 4.99 Å². The number of carbonyl (C=O) groups excluding carboxylic acids is 1. The molecule has 0 aromatic carbocycles. The smallest absolute Gasteiger partial charge is 0.206 e. The van der Waals surface area contributed by atoms with E-state index in [0.29, 0.717) is 11.5 Å². The van der Waals surface area contributed by atoms with Crippen LogP contribution in [0.3, 0.4) is 0 Å². The van der Waals surface area contributed by atoms with Crippen molar-refractivity contribution in [3.05, 3.63) is 12.0 Å². The van der Waals surface area contributed by atoms with Crippen molar-refractivity contribution in [1.82, 2.24) is 9.55 Å². The molecular weight excluding hydrogens is 236 g/mol. The first kappa shape index (κ1) is 11.4. The number of aromatic nitrogens is 2. The number of aliphatic imine (C=N–C) groups is 1. The summed E-state index contributed by atoms with van der Waals surface area (Å²) in [4.78, 5) is 19.8. The van der Waals surface area contributed by atoms with Crippen molar-refractivity contribution in [1.29, 1.82) is 0 Å². The van der Waals surface area contributed by atoms with Gasteiger partial charge in [0.2, 0.25) is 5.78 Å². The maximum absolute atomic E-state index is 11.7. The van der Waals surface area contributed by atoms with E-state index in [1.807, 2.05) is 0 Å². The molecule has 18 heavy (non-hydrogen) atoms. The van der Waals surface area contributed by atoms with Crippen LogP contribution in [-0.2, 0) is 4.74 Å². The van der Waals surface area contributed by atoms with Gasteiger partial charge >= 0.3 is 0 Å². The molecule has 0 radical (unpaired) electrons. The molecule has 1 aromatic heterocycles. The lowest BCUT2D eigenvalue weighted by atomic mass is 10.2. The van der Waals surface area contributed by atoms with Crippen molar-refractivity contribution in [2.45, 2.75) is 25.2 Å². The summed E-state index contributed by atoms with van der Waals surface area (Å²) in [5.74, 6) is 0.506. The molecule has 7 nitrogen and oxygen atoms in total. The minimum Gasteiger partial charge on any atom is -0.394 e. The quantitative estimate of drug-likeness (QED) is 0.782. The Labute approximate surface area is 103 Å². The van der Waals surface area contributed by atoms with E-state index in [1.54, 1.807) is 10.9 Å². The number of hydrogen-bond acceptors (Lipinski definition) is 6. The van der Waals surface area contributed by atoms with Crippen molar-refractivity contribution in [3.8, 4) is 0 Å². The average molecular weight is 250 g/mol. The fourth-order valence-corrected chi connectivity index (χ4v) is 2.26. The maximum atomic E-state index is 11.7. The summed E-state index contributed by atoms with van der Waals surface area (Å²) in [5.41, 5.74) is 0.392. The third-order valence-corrected chi connectivity index (χ3v) is 3.18. The molecule has 2 N–H and O–H groups in total. The standard InChI is InChI=1S/C11H14N4O3/c16-4-7-1-2-9(18-7)15-6-14-10-8(17)3-12-5-13-11(10)15/h5-7,9,16H,1-4H2,(H,12,13)/t7-,9+/m0/s1. The lowest BCUT2D eigenvalue weighted by Gasteiger charge is -2.16. The van der Waals surface area contributed by atoms with Gasteiger partial charge in [-0.1, -0.05) is 0 Å². The third-order valence-electron chi connectivity index (χ3n) is 3.18. The Morgan fingerprint density at radius 2 is 2.44 bits per heavy atom. The van der Waals surface area contributed by atoms with Crippen LogP contribution in [0.5, 0.6) is 0 Å². The van der Waals surface area contributed by atoms with Gasteiger partial charge in [0.1, 0.15) is 18.6 Å². The van der Waals surface area contributed by atoms with Gasteiger partial charge in [0.15, 0.2) is 5.69 Å². The number of carbonyl (C=O) groups is 1. The summed E-state index contributed by atoms with van der Waals surface area (Å²) in [5, 5.41) is 12.0. The van der Waals surface area contributed by atoms with Crippen LogP contribution in [0, 0.1) is 0 Å². The lowest BCUT2D eigenvalue weighted by molar-refractivity contribution is -0.0214. The van der Waals surface area contributed by atoms with E-state index >= 15 is 0 Å². The minimum atomic E-state index is -0.190. The highest BCUT2D eigenvalue weighted by atomic mass is 16.5. The van der Waals surface area contributed by atoms with Crippen molar-refractivity contribution in [3.63, 3.8) is 0 Å². The first-order chi connectivity index (χ1) is 8.79. The molecule has 2 atom stereocenters. The van der Waals surface area contributed by atoms with E-state index in [4.69, 9.17) is 9.84 Å². The van der Waals surface area contributed by atoms with Crippen LogP contribution in [0.1, 0.15) is 29.6 Å². The molecule has 0 saturated carbocycles. The van der Waals surface area contributed by atoms with Crippen LogP contribution in [0.15, 0.2) is 11.3 Å². The Morgan fingerprint density at radius 3 is 3.22 bits per heavy atom. The summed E-state index contributed by atoms with van der Waals surface area (Å²) in [7, 11) is 0. The second kappa shape index (κ2) is 4.51. The van der Waals surface area contributed by atoms with Crippen molar-refractivity contribution in [2.75, 3.05) is 18.5 Å². The highest BCUT2D eigenvalue weighted by molar-refractivity contribution is 6.04. The maximum Gasteiger partial charge on any atom is 0.206 e.